The minimum absolute atomic E-state index is 0.0358. The summed E-state index contributed by atoms with van der Waals surface area (Å²) in [6.07, 6.45) is 2.25. The van der Waals surface area contributed by atoms with Crippen LogP contribution in [0, 0.1) is 17.7 Å². The minimum Gasteiger partial charge on any atom is -0.508 e. The number of carbonyl (C=O) groups is 5. The van der Waals surface area contributed by atoms with Gasteiger partial charge >= 0.3 is 0 Å². The first-order chi connectivity index (χ1) is 25.4. The molecule has 5 N–H and O–H groups in total. The predicted molar refractivity (Wildman–Crippen MR) is 199 cm³/mol. The lowest BCUT2D eigenvalue weighted by atomic mass is 9.92. The molecule has 3 aromatic carbocycles. The van der Waals surface area contributed by atoms with Crippen molar-refractivity contribution in [2.24, 2.45) is 11.8 Å². The van der Waals surface area contributed by atoms with Crippen molar-refractivity contribution in [2.45, 2.75) is 89.9 Å². The highest BCUT2D eigenvalue weighted by molar-refractivity contribution is 6.01. The lowest BCUT2D eigenvalue weighted by Gasteiger charge is -2.29. The highest BCUT2D eigenvalue weighted by Crippen LogP contribution is 2.26. The minimum atomic E-state index is -0.850. The van der Waals surface area contributed by atoms with Gasteiger partial charge < -0.3 is 31.3 Å². The van der Waals surface area contributed by atoms with Crippen LogP contribution in [-0.4, -0.2) is 76.8 Å². The van der Waals surface area contributed by atoms with Crippen LogP contribution < -0.4 is 21.3 Å². The predicted octanol–water partition coefficient (Wildman–Crippen LogP) is 4.48. The van der Waals surface area contributed by atoms with Crippen LogP contribution in [0.15, 0.2) is 72.8 Å². The molecule has 2 aliphatic heterocycles. The van der Waals surface area contributed by atoms with E-state index < -0.39 is 18.1 Å². The maximum Gasteiger partial charge on any atom is 0.252 e. The molecule has 5 amide bonds. The number of phenolic OH excluding ortho intramolecular Hbond substituents is 1. The summed E-state index contributed by atoms with van der Waals surface area (Å²) in [6.45, 7) is 6.30. The summed E-state index contributed by atoms with van der Waals surface area (Å²) in [5, 5.41) is 21.7. The fraction of sp³-hybridized carbons (Fsp3) is 0.439. The summed E-state index contributed by atoms with van der Waals surface area (Å²) in [4.78, 5) is 69.3. The van der Waals surface area contributed by atoms with E-state index in [2.05, 4.69) is 21.3 Å². The largest absolute Gasteiger partial charge is 0.508 e. The quantitative estimate of drug-likeness (QED) is 0.252. The number of carbonyl (C=O) groups excluding carboxylic acids is 5. The molecule has 0 aliphatic carbocycles. The second-order valence-electron chi connectivity index (χ2n) is 14.7. The molecule has 2 aliphatic rings. The Balaban J connectivity index is 1.33. The average Bonchev–Trinajstić information content (AvgIpc) is 3.56. The molecule has 5 atom stereocenters. The number of nitrogens with zero attached hydrogens (tertiary/aromatic N) is 1. The first kappa shape index (κ1) is 39.0. The molecule has 2 heterocycles. The summed E-state index contributed by atoms with van der Waals surface area (Å²) in [6, 6.07) is 17.0. The molecule has 11 nitrogen and oxygen atoms in total. The molecule has 2 fully saturated rings. The molecular formula is C41H50FN5O6. The molecule has 53 heavy (non-hydrogen) atoms. The molecule has 0 saturated carbocycles. The first-order valence-corrected chi connectivity index (χ1v) is 18.5. The van der Waals surface area contributed by atoms with E-state index in [4.69, 9.17) is 0 Å². The van der Waals surface area contributed by atoms with Gasteiger partial charge in [-0.05, 0) is 84.5 Å². The molecule has 5 rings (SSSR count). The fourth-order valence-electron chi connectivity index (χ4n) is 7.07. The smallest absolute Gasteiger partial charge is 0.252 e. The standard InChI is InChI=1S/C41H50FN5O6/c1-25(2)34-19-10-26(3)21-37(49)45-35(22-27-11-17-31(48)18-12-27)40(52)43-20-6-9-38(50)47-24-30(23-36(47)41(53)46-34)44-39(51)33-8-5-4-7-32(33)28-13-15-29(42)16-14-28/h4-5,7-8,11-18,25-26,30,34-36,48H,6,9-10,19-24H2,1-3H3,(H,43,52)(H,44,51)(H,45,49)(H,46,53)/t26-,30-,34+,35+,36+/m1/s1. The van der Waals surface area contributed by atoms with Gasteiger partial charge in [0.2, 0.25) is 23.6 Å². The topological polar surface area (TPSA) is 157 Å². The molecule has 3 aromatic rings. The summed E-state index contributed by atoms with van der Waals surface area (Å²) >= 11 is 0. The molecule has 282 valence electrons. The van der Waals surface area contributed by atoms with Gasteiger partial charge in [-0.3, -0.25) is 24.0 Å². The summed E-state index contributed by atoms with van der Waals surface area (Å²) < 4.78 is 13.6. The Morgan fingerprint density at radius 1 is 0.943 bits per heavy atom. The van der Waals surface area contributed by atoms with Crippen LogP contribution in [0.4, 0.5) is 4.39 Å². The highest BCUT2D eigenvalue weighted by Gasteiger charge is 2.41. The van der Waals surface area contributed by atoms with E-state index in [1.54, 1.807) is 48.5 Å². The molecule has 0 unspecified atom stereocenters. The third-order valence-corrected chi connectivity index (χ3v) is 10.1. The maximum atomic E-state index is 13.9. The van der Waals surface area contributed by atoms with Crippen LogP contribution in [0.3, 0.4) is 0 Å². The Morgan fingerprint density at radius 3 is 2.38 bits per heavy atom. The molecule has 12 heteroatoms. The van der Waals surface area contributed by atoms with Gasteiger partial charge in [0, 0.05) is 50.0 Å². The van der Waals surface area contributed by atoms with Crippen molar-refractivity contribution in [2.75, 3.05) is 13.1 Å². The molecule has 0 radical (unpaired) electrons. The van der Waals surface area contributed by atoms with E-state index in [1.807, 2.05) is 20.8 Å². The second-order valence-corrected chi connectivity index (χ2v) is 14.7. The third kappa shape index (κ3) is 10.6. The average molecular weight is 728 g/mol. The number of halogens is 1. The Labute approximate surface area is 310 Å². The van der Waals surface area contributed by atoms with Crippen molar-refractivity contribution in [1.82, 2.24) is 26.2 Å². The van der Waals surface area contributed by atoms with E-state index in [9.17, 15) is 33.5 Å². The van der Waals surface area contributed by atoms with Gasteiger partial charge in [-0.25, -0.2) is 4.39 Å². The first-order valence-electron chi connectivity index (χ1n) is 18.5. The monoisotopic (exact) mass is 727 g/mol. The summed E-state index contributed by atoms with van der Waals surface area (Å²) in [5.74, 6) is -1.81. The fourth-order valence-corrected chi connectivity index (χ4v) is 7.07. The van der Waals surface area contributed by atoms with E-state index >= 15 is 0 Å². The van der Waals surface area contributed by atoms with Crippen LogP contribution in [0.2, 0.25) is 0 Å². The highest BCUT2D eigenvalue weighted by atomic mass is 19.1. The van der Waals surface area contributed by atoms with Gasteiger partial charge in [-0.1, -0.05) is 63.2 Å². The second kappa shape index (κ2) is 18.0. The van der Waals surface area contributed by atoms with Crippen molar-refractivity contribution in [1.29, 1.82) is 0 Å². The van der Waals surface area contributed by atoms with Crippen molar-refractivity contribution < 1.29 is 33.5 Å². The zero-order valence-electron chi connectivity index (χ0n) is 30.6. The van der Waals surface area contributed by atoms with Crippen LogP contribution >= 0.6 is 0 Å². The van der Waals surface area contributed by atoms with E-state index in [0.717, 1.165) is 5.56 Å². The Bertz CT molecular complexity index is 1770. The molecular weight excluding hydrogens is 677 g/mol. The van der Waals surface area contributed by atoms with E-state index in [-0.39, 0.29) is 97.8 Å². The number of rotatable bonds is 6. The Morgan fingerprint density at radius 2 is 1.66 bits per heavy atom. The normalized spacial score (nSPS) is 23.6. The SMILES string of the molecule is CC(C)[C@@H]1CC[C@@H](C)CC(=O)N[C@@H](Cc2ccc(O)cc2)C(=O)NCCCC(=O)N2C[C@H](NC(=O)c3ccccc3-c3ccc(F)cc3)C[C@H]2C(=O)N1. The van der Waals surface area contributed by atoms with Crippen LogP contribution in [0.25, 0.3) is 11.1 Å². The number of aromatic hydroxyl groups is 1. The Kier molecular flexibility index (Phi) is 13.2. The number of nitrogens with one attached hydrogen (secondary N) is 4. The van der Waals surface area contributed by atoms with Gasteiger partial charge in [-0.2, -0.15) is 0 Å². The summed E-state index contributed by atoms with van der Waals surface area (Å²) in [5.41, 5.74) is 2.47. The van der Waals surface area contributed by atoms with Gasteiger partial charge in [-0.15, -0.1) is 0 Å². The van der Waals surface area contributed by atoms with Crippen molar-refractivity contribution in [3.8, 4) is 16.9 Å². The van der Waals surface area contributed by atoms with Gasteiger partial charge in [0.15, 0.2) is 0 Å². The zero-order valence-corrected chi connectivity index (χ0v) is 30.6. The molecule has 0 spiro atoms. The number of hydrogen-bond acceptors (Lipinski definition) is 6. The van der Waals surface area contributed by atoms with E-state index in [1.165, 1.54) is 29.2 Å². The van der Waals surface area contributed by atoms with Crippen molar-refractivity contribution in [3.63, 3.8) is 0 Å². The number of phenols is 1. The third-order valence-electron chi connectivity index (χ3n) is 10.1. The van der Waals surface area contributed by atoms with Crippen molar-refractivity contribution >= 4 is 29.5 Å². The number of benzene rings is 3. The summed E-state index contributed by atoms with van der Waals surface area (Å²) in [7, 11) is 0. The van der Waals surface area contributed by atoms with Gasteiger partial charge in [0.1, 0.15) is 23.7 Å². The molecule has 2 saturated heterocycles. The Hall–Kier alpha value is -5.26. The lowest BCUT2D eigenvalue weighted by Crippen LogP contribution is -2.50. The van der Waals surface area contributed by atoms with Gasteiger partial charge in [0.25, 0.3) is 5.91 Å². The van der Waals surface area contributed by atoms with Crippen LogP contribution in [0.5, 0.6) is 5.75 Å². The van der Waals surface area contributed by atoms with Crippen molar-refractivity contribution in [3.05, 3.63) is 89.7 Å². The number of amides is 5. The van der Waals surface area contributed by atoms with Gasteiger partial charge in [0.05, 0.1) is 0 Å². The van der Waals surface area contributed by atoms with Crippen LogP contribution in [0.1, 0.15) is 75.2 Å². The maximum absolute atomic E-state index is 13.9. The number of hydrogen-bond donors (Lipinski definition) is 5. The van der Waals surface area contributed by atoms with E-state index in [0.29, 0.717) is 36.0 Å². The van der Waals surface area contributed by atoms with Crippen LogP contribution in [-0.2, 0) is 25.6 Å². The number of fused-ring (bicyclic) bond motifs is 1. The molecule has 0 aromatic heterocycles. The zero-order chi connectivity index (χ0) is 38.1. The lowest BCUT2D eigenvalue weighted by molar-refractivity contribution is -0.139. The molecule has 0 bridgehead atoms.